The van der Waals surface area contributed by atoms with Crippen LogP contribution in [0.4, 0.5) is 10.6 Å². The first-order valence-electron chi connectivity index (χ1n) is 10.7. The monoisotopic (exact) mass is 473 g/mol. The molecule has 3 heterocycles. The van der Waals surface area contributed by atoms with Crippen LogP contribution in [0.15, 0.2) is 48.0 Å². The first kappa shape index (κ1) is 24.4. The molecule has 0 spiro atoms. The minimum Gasteiger partial charge on any atom is -0.478 e. The number of carboxylic acids is 2. The van der Waals surface area contributed by atoms with Gasteiger partial charge in [-0.05, 0) is 44.3 Å². The summed E-state index contributed by atoms with van der Waals surface area (Å²) in [7, 11) is 0. The van der Waals surface area contributed by atoms with Gasteiger partial charge in [-0.15, -0.1) is 11.3 Å². The third-order valence-electron chi connectivity index (χ3n) is 5.86. The summed E-state index contributed by atoms with van der Waals surface area (Å²) in [6.45, 7) is 3.87. The smallest absolute Gasteiger partial charge is 0.413 e. The van der Waals surface area contributed by atoms with E-state index in [1.165, 1.54) is 16.2 Å². The molecule has 9 nitrogen and oxygen atoms in total. The third-order valence-corrected chi connectivity index (χ3v) is 6.72. The summed E-state index contributed by atoms with van der Waals surface area (Å²) in [5, 5.41) is 25.5. The Kier molecular flexibility index (Phi) is 8.18. The highest BCUT2D eigenvalue weighted by Gasteiger charge is 2.41. The number of piperidine rings is 2. The Morgan fingerprint density at radius 2 is 1.64 bits per heavy atom. The summed E-state index contributed by atoms with van der Waals surface area (Å²) in [4.78, 5) is 40.5. The number of aromatic nitrogens is 1. The van der Waals surface area contributed by atoms with Gasteiger partial charge in [0.05, 0.1) is 10.4 Å². The molecule has 2 aromatic rings. The molecule has 33 heavy (non-hydrogen) atoms. The fraction of sp³-hybridized carbons (Fsp3) is 0.391. The molecule has 2 bridgehead atoms. The van der Waals surface area contributed by atoms with Crippen molar-refractivity contribution in [1.29, 1.82) is 0 Å². The second-order valence-corrected chi connectivity index (χ2v) is 9.09. The van der Waals surface area contributed by atoms with Gasteiger partial charge in [0.15, 0.2) is 5.82 Å². The largest absolute Gasteiger partial charge is 0.478 e. The first-order chi connectivity index (χ1) is 15.8. The van der Waals surface area contributed by atoms with Crippen LogP contribution in [0.1, 0.15) is 25.7 Å². The van der Waals surface area contributed by atoms with Crippen molar-refractivity contribution in [1.82, 2.24) is 9.88 Å². The quantitative estimate of drug-likeness (QED) is 0.539. The van der Waals surface area contributed by atoms with Gasteiger partial charge in [0.25, 0.3) is 0 Å². The van der Waals surface area contributed by atoms with Gasteiger partial charge < -0.3 is 20.2 Å². The predicted octanol–water partition coefficient (Wildman–Crippen LogP) is 3.88. The molecule has 2 fully saturated rings. The molecule has 0 saturated carbocycles. The Morgan fingerprint density at radius 1 is 1.03 bits per heavy atom. The van der Waals surface area contributed by atoms with Crippen LogP contribution in [0.2, 0.25) is 0 Å². The fourth-order valence-corrected chi connectivity index (χ4v) is 5.32. The van der Waals surface area contributed by atoms with Crippen molar-refractivity contribution >= 4 is 35.2 Å². The zero-order valence-electron chi connectivity index (χ0n) is 18.1. The van der Waals surface area contributed by atoms with Crippen LogP contribution in [0.25, 0.3) is 10.4 Å². The van der Waals surface area contributed by atoms with Crippen LogP contribution in [-0.2, 0) is 9.59 Å². The molecule has 0 unspecified atom stereocenters. The standard InChI is InChI=1S/C19H23N3O2S.C4H4O4/c23-18(24)22(13-19-8-4-10-21(12-19)11-5-9-19)17-16(25-14-20-17)15-6-2-1-3-7-15;5-3(6)1-2-4(7)8/h1-3,6-7,14H,4-5,8-13H2,(H,23,24);1-2H,(H,5,6)(H,7,8). The lowest BCUT2D eigenvalue weighted by Crippen LogP contribution is -2.53. The lowest BCUT2D eigenvalue weighted by Gasteiger charge is -2.48. The number of rotatable bonds is 6. The normalized spacial score (nSPS) is 21.6. The average molecular weight is 474 g/mol. The predicted molar refractivity (Wildman–Crippen MR) is 125 cm³/mol. The van der Waals surface area contributed by atoms with Gasteiger partial charge in [0.1, 0.15) is 0 Å². The molecule has 1 aromatic heterocycles. The molecular formula is C23H27N3O6S. The Labute approximate surface area is 195 Å². The minimum atomic E-state index is -1.26. The summed E-state index contributed by atoms with van der Waals surface area (Å²) in [6.07, 6.45) is 4.76. The van der Waals surface area contributed by atoms with E-state index in [0.29, 0.717) is 24.5 Å². The molecule has 4 rings (SSSR count). The highest BCUT2D eigenvalue weighted by Crippen LogP contribution is 2.41. The highest BCUT2D eigenvalue weighted by molar-refractivity contribution is 7.13. The molecule has 2 aliphatic heterocycles. The molecule has 0 radical (unpaired) electrons. The zero-order chi connectivity index (χ0) is 23.8. The highest BCUT2D eigenvalue weighted by atomic mass is 32.1. The zero-order valence-corrected chi connectivity index (χ0v) is 18.9. The maximum Gasteiger partial charge on any atom is 0.413 e. The fourth-order valence-electron chi connectivity index (χ4n) is 4.52. The van der Waals surface area contributed by atoms with E-state index < -0.39 is 18.0 Å². The number of amides is 1. The summed E-state index contributed by atoms with van der Waals surface area (Å²) < 4.78 is 0. The van der Waals surface area contributed by atoms with Crippen molar-refractivity contribution in [2.45, 2.75) is 25.7 Å². The molecule has 176 valence electrons. The minimum absolute atomic E-state index is 0.0759. The maximum absolute atomic E-state index is 12.1. The van der Waals surface area contributed by atoms with Gasteiger partial charge in [0, 0.05) is 30.7 Å². The van der Waals surface area contributed by atoms with Gasteiger partial charge in [-0.2, -0.15) is 0 Å². The molecule has 0 aliphatic carbocycles. The van der Waals surface area contributed by atoms with Crippen molar-refractivity contribution in [2.75, 3.05) is 31.1 Å². The molecule has 1 aromatic carbocycles. The average Bonchev–Trinajstić information content (AvgIpc) is 3.27. The van der Waals surface area contributed by atoms with Gasteiger partial charge >= 0.3 is 18.0 Å². The summed E-state index contributed by atoms with van der Waals surface area (Å²) >= 11 is 1.50. The summed E-state index contributed by atoms with van der Waals surface area (Å²) in [5.41, 5.74) is 2.85. The molecule has 3 N–H and O–H groups in total. The van der Waals surface area contributed by atoms with Crippen LogP contribution in [0, 0.1) is 5.41 Å². The Bertz CT molecular complexity index is 981. The molecule has 2 aliphatic rings. The molecular weight excluding hydrogens is 446 g/mol. The Balaban J connectivity index is 0.000000331. The molecule has 0 atom stereocenters. The number of fused-ring (bicyclic) bond motifs is 2. The number of carboxylic acid groups (broad SMARTS) is 3. The number of thiazole rings is 1. The third kappa shape index (κ3) is 6.62. The second-order valence-electron chi connectivity index (χ2n) is 8.23. The van der Waals surface area contributed by atoms with E-state index in [0.717, 1.165) is 55.8 Å². The van der Waals surface area contributed by atoms with E-state index in [2.05, 4.69) is 9.88 Å². The van der Waals surface area contributed by atoms with E-state index in [4.69, 9.17) is 10.2 Å². The number of hydrogen-bond acceptors (Lipinski definition) is 6. The number of hydrogen-bond donors (Lipinski definition) is 3. The number of aliphatic carboxylic acids is 2. The van der Waals surface area contributed by atoms with Crippen LogP contribution in [-0.4, -0.2) is 69.4 Å². The second kappa shape index (κ2) is 11.1. The number of nitrogens with zero attached hydrogens (tertiary/aromatic N) is 3. The number of anilines is 1. The van der Waals surface area contributed by atoms with Crippen molar-refractivity contribution in [3.63, 3.8) is 0 Å². The van der Waals surface area contributed by atoms with Gasteiger partial charge in [-0.1, -0.05) is 30.3 Å². The Morgan fingerprint density at radius 3 is 2.18 bits per heavy atom. The van der Waals surface area contributed by atoms with Crippen LogP contribution in [0.5, 0.6) is 0 Å². The van der Waals surface area contributed by atoms with Crippen molar-refractivity contribution in [3.8, 4) is 10.4 Å². The maximum atomic E-state index is 12.1. The van der Waals surface area contributed by atoms with Crippen LogP contribution in [0.3, 0.4) is 0 Å². The molecule has 2 saturated heterocycles. The van der Waals surface area contributed by atoms with E-state index in [1.807, 2.05) is 30.3 Å². The van der Waals surface area contributed by atoms with Gasteiger partial charge in [0.2, 0.25) is 0 Å². The number of benzene rings is 1. The van der Waals surface area contributed by atoms with Crippen LogP contribution >= 0.6 is 11.3 Å². The lowest BCUT2D eigenvalue weighted by molar-refractivity contribution is -0.134. The van der Waals surface area contributed by atoms with Crippen LogP contribution < -0.4 is 4.90 Å². The first-order valence-corrected chi connectivity index (χ1v) is 11.5. The molecule has 1 amide bonds. The molecule has 10 heteroatoms. The topological polar surface area (TPSA) is 131 Å². The van der Waals surface area contributed by atoms with Crippen molar-refractivity contribution < 1.29 is 29.7 Å². The number of carbonyl (C=O) groups is 3. The van der Waals surface area contributed by atoms with Gasteiger partial charge in [-0.3, -0.25) is 4.90 Å². The van der Waals surface area contributed by atoms with E-state index >= 15 is 0 Å². The Hall–Kier alpha value is -3.24. The SMILES string of the molecule is O=C(O)C=CC(=O)O.O=C(O)N(CC12CCCN(CCC1)C2)c1ncsc1-c1ccccc1. The summed E-state index contributed by atoms with van der Waals surface area (Å²) in [6, 6.07) is 9.94. The van der Waals surface area contributed by atoms with Crippen molar-refractivity contribution in [2.24, 2.45) is 5.41 Å². The van der Waals surface area contributed by atoms with E-state index in [9.17, 15) is 19.5 Å². The van der Waals surface area contributed by atoms with Crippen molar-refractivity contribution in [3.05, 3.63) is 48.0 Å². The lowest BCUT2D eigenvalue weighted by atomic mass is 9.73. The van der Waals surface area contributed by atoms with Gasteiger partial charge in [-0.25, -0.2) is 19.4 Å². The van der Waals surface area contributed by atoms with E-state index in [-0.39, 0.29) is 5.41 Å². The van der Waals surface area contributed by atoms with E-state index in [1.54, 1.807) is 5.51 Å². The summed E-state index contributed by atoms with van der Waals surface area (Å²) in [5.74, 6) is -1.93.